The summed E-state index contributed by atoms with van der Waals surface area (Å²) >= 11 is 0. The lowest BCUT2D eigenvalue weighted by atomic mass is 10.0. The van der Waals surface area contributed by atoms with Crippen LogP contribution in [0.15, 0.2) is 36.4 Å². The van der Waals surface area contributed by atoms with Crippen LogP contribution in [-0.4, -0.2) is 88.1 Å². The standard InChI is InChI=1S/C29H40N6O9/c1-17(2)25(34-22(36)7-5-4-6-14-35-23(37)12-13-24(35)38)27(40)31-18(3)26(39)32-20-10-8-19(9-11-20)15-21(33-29(43)44)16-30-28(41)42/h8-13,17-18,21,25,30,33H,4-7,14-16H2,1-3H3,(H,31,40)(H,32,39)(H,34,36)(H,41,42)(H,43,44)/t18-,21?,25-/m0/s1. The van der Waals surface area contributed by atoms with E-state index in [2.05, 4.69) is 26.6 Å². The lowest BCUT2D eigenvalue weighted by Gasteiger charge is -2.24. The third kappa shape index (κ3) is 12.1. The van der Waals surface area contributed by atoms with E-state index in [0.717, 1.165) is 4.90 Å². The zero-order valence-corrected chi connectivity index (χ0v) is 24.9. The van der Waals surface area contributed by atoms with Crippen LogP contribution < -0.4 is 26.6 Å². The summed E-state index contributed by atoms with van der Waals surface area (Å²) in [5.41, 5.74) is 1.12. The molecule has 1 aliphatic rings. The van der Waals surface area contributed by atoms with Crippen LogP contribution >= 0.6 is 0 Å². The molecule has 15 heteroatoms. The van der Waals surface area contributed by atoms with Gasteiger partial charge in [0, 0.05) is 37.3 Å². The molecule has 3 atom stereocenters. The van der Waals surface area contributed by atoms with Crippen molar-refractivity contribution in [3.8, 4) is 0 Å². The summed E-state index contributed by atoms with van der Waals surface area (Å²) in [6.45, 7) is 5.19. The first-order valence-corrected chi connectivity index (χ1v) is 14.3. The maximum Gasteiger partial charge on any atom is 0.404 e. The van der Waals surface area contributed by atoms with Crippen LogP contribution in [0.2, 0.25) is 0 Å². The molecule has 0 spiro atoms. The van der Waals surface area contributed by atoms with Gasteiger partial charge in [0.25, 0.3) is 11.8 Å². The zero-order valence-electron chi connectivity index (χ0n) is 24.9. The van der Waals surface area contributed by atoms with Gasteiger partial charge in [0.15, 0.2) is 0 Å². The molecule has 7 N–H and O–H groups in total. The third-order valence-electron chi connectivity index (χ3n) is 6.73. The Morgan fingerprint density at radius 2 is 1.43 bits per heavy atom. The maximum atomic E-state index is 12.9. The first-order valence-electron chi connectivity index (χ1n) is 14.3. The Morgan fingerprint density at radius 3 is 2.00 bits per heavy atom. The second-order valence-corrected chi connectivity index (χ2v) is 10.7. The Balaban J connectivity index is 1.80. The van der Waals surface area contributed by atoms with Crippen LogP contribution in [0.1, 0.15) is 52.0 Å². The van der Waals surface area contributed by atoms with Gasteiger partial charge >= 0.3 is 12.2 Å². The number of rotatable bonds is 17. The lowest BCUT2D eigenvalue weighted by Crippen LogP contribution is -2.53. The number of unbranched alkanes of at least 4 members (excludes halogenated alkanes) is 2. The van der Waals surface area contributed by atoms with Gasteiger partial charge in [-0.1, -0.05) is 32.4 Å². The van der Waals surface area contributed by atoms with Crippen LogP contribution in [-0.2, 0) is 30.4 Å². The number of anilines is 1. The molecule has 0 radical (unpaired) electrons. The Hall–Kier alpha value is -4.95. The van der Waals surface area contributed by atoms with Gasteiger partial charge < -0.3 is 36.8 Å². The van der Waals surface area contributed by atoms with Crippen LogP contribution in [0.5, 0.6) is 0 Å². The van der Waals surface area contributed by atoms with Crippen molar-refractivity contribution in [1.82, 2.24) is 26.2 Å². The van der Waals surface area contributed by atoms with Crippen LogP contribution in [0.4, 0.5) is 15.3 Å². The molecule has 0 saturated carbocycles. The Labute approximate surface area is 254 Å². The monoisotopic (exact) mass is 616 g/mol. The number of carbonyl (C=O) groups is 7. The van der Waals surface area contributed by atoms with Crippen molar-refractivity contribution in [2.45, 2.75) is 71.0 Å². The highest BCUT2D eigenvalue weighted by atomic mass is 16.4. The van der Waals surface area contributed by atoms with E-state index in [4.69, 9.17) is 10.2 Å². The van der Waals surface area contributed by atoms with E-state index in [-0.39, 0.29) is 49.6 Å². The van der Waals surface area contributed by atoms with E-state index in [1.165, 1.54) is 19.1 Å². The highest BCUT2D eigenvalue weighted by Crippen LogP contribution is 2.13. The van der Waals surface area contributed by atoms with Crippen LogP contribution in [0, 0.1) is 5.92 Å². The summed E-state index contributed by atoms with van der Waals surface area (Å²) in [7, 11) is 0. The van der Waals surface area contributed by atoms with Crippen molar-refractivity contribution >= 4 is 47.4 Å². The molecule has 1 aliphatic heterocycles. The first kappa shape index (κ1) is 35.2. The van der Waals surface area contributed by atoms with Crippen molar-refractivity contribution in [3.05, 3.63) is 42.0 Å². The van der Waals surface area contributed by atoms with Gasteiger partial charge in [0.05, 0.1) is 6.04 Å². The van der Waals surface area contributed by atoms with Crippen molar-refractivity contribution in [2.75, 3.05) is 18.4 Å². The highest BCUT2D eigenvalue weighted by Gasteiger charge is 2.27. The predicted octanol–water partition coefficient (Wildman–Crippen LogP) is 1.20. The van der Waals surface area contributed by atoms with Gasteiger partial charge in [0.1, 0.15) is 12.1 Å². The normalized spacial score (nSPS) is 14.5. The molecule has 44 heavy (non-hydrogen) atoms. The minimum Gasteiger partial charge on any atom is -0.465 e. The minimum absolute atomic E-state index is 0.127. The molecule has 7 amide bonds. The van der Waals surface area contributed by atoms with Crippen LogP contribution in [0.25, 0.3) is 0 Å². The Morgan fingerprint density at radius 1 is 0.795 bits per heavy atom. The fourth-order valence-corrected chi connectivity index (χ4v) is 4.35. The predicted molar refractivity (Wildman–Crippen MR) is 158 cm³/mol. The number of hydrogen-bond acceptors (Lipinski definition) is 7. The van der Waals surface area contributed by atoms with Gasteiger partial charge in [-0.2, -0.15) is 0 Å². The number of imide groups is 1. The van der Waals surface area contributed by atoms with Gasteiger partial charge in [0.2, 0.25) is 17.7 Å². The number of nitrogens with zero attached hydrogens (tertiary/aromatic N) is 1. The maximum absolute atomic E-state index is 12.9. The summed E-state index contributed by atoms with van der Waals surface area (Å²) < 4.78 is 0. The average molecular weight is 617 g/mol. The lowest BCUT2D eigenvalue weighted by molar-refractivity contribution is -0.137. The number of benzene rings is 1. The molecule has 2 rings (SSSR count). The van der Waals surface area contributed by atoms with Crippen molar-refractivity contribution in [3.63, 3.8) is 0 Å². The molecule has 240 valence electrons. The molecule has 1 heterocycles. The van der Waals surface area contributed by atoms with Gasteiger partial charge in [-0.25, -0.2) is 9.59 Å². The van der Waals surface area contributed by atoms with Gasteiger partial charge in [-0.05, 0) is 49.8 Å². The molecule has 0 fully saturated rings. The third-order valence-corrected chi connectivity index (χ3v) is 6.73. The number of carbonyl (C=O) groups excluding carboxylic acids is 5. The highest BCUT2D eigenvalue weighted by molar-refractivity contribution is 6.12. The van der Waals surface area contributed by atoms with Crippen molar-refractivity contribution in [2.24, 2.45) is 5.92 Å². The smallest absolute Gasteiger partial charge is 0.404 e. The summed E-state index contributed by atoms with van der Waals surface area (Å²) in [6, 6.07) is 4.00. The van der Waals surface area contributed by atoms with E-state index >= 15 is 0 Å². The zero-order chi connectivity index (χ0) is 32.8. The molecule has 1 unspecified atom stereocenters. The second-order valence-electron chi connectivity index (χ2n) is 10.7. The molecule has 0 aliphatic carbocycles. The molecule has 1 aromatic rings. The number of hydrogen-bond donors (Lipinski definition) is 7. The van der Waals surface area contributed by atoms with Gasteiger partial charge in [-0.3, -0.25) is 28.9 Å². The molecule has 0 saturated heterocycles. The minimum atomic E-state index is -1.29. The first-order chi connectivity index (χ1) is 20.8. The molecule has 1 aromatic carbocycles. The molecular weight excluding hydrogens is 576 g/mol. The van der Waals surface area contributed by atoms with E-state index in [1.807, 2.05) is 0 Å². The van der Waals surface area contributed by atoms with E-state index in [0.29, 0.717) is 30.5 Å². The van der Waals surface area contributed by atoms with Crippen molar-refractivity contribution in [1.29, 1.82) is 0 Å². The number of carboxylic acid groups (broad SMARTS) is 2. The average Bonchev–Trinajstić information content (AvgIpc) is 3.27. The number of nitrogens with one attached hydrogen (secondary N) is 5. The largest absolute Gasteiger partial charge is 0.465 e. The molecule has 0 aromatic heterocycles. The fraction of sp³-hybridized carbons (Fsp3) is 0.483. The molecule has 0 bridgehead atoms. The molecular formula is C29H40N6O9. The fourth-order valence-electron chi connectivity index (χ4n) is 4.35. The number of amides is 7. The summed E-state index contributed by atoms with van der Waals surface area (Å²) in [4.78, 5) is 84.2. The van der Waals surface area contributed by atoms with Crippen molar-refractivity contribution < 1.29 is 43.8 Å². The summed E-state index contributed by atoms with van der Waals surface area (Å²) in [5, 5.41) is 30.2. The summed E-state index contributed by atoms with van der Waals surface area (Å²) in [6.07, 6.45) is 1.93. The topological polar surface area (TPSA) is 223 Å². The van der Waals surface area contributed by atoms with Crippen LogP contribution in [0.3, 0.4) is 0 Å². The quantitative estimate of drug-likeness (QED) is 0.0985. The Bertz CT molecular complexity index is 1230. The molecule has 15 nitrogen and oxygen atoms in total. The summed E-state index contributed by atoms with van der Waals surface area (Å²) in [5.74, 6) is -2.29. The van der Waals surface area contributed by atoms with E-state index < -0.39 is 42.1 Å². The van der Waals surface area contributed by atoms with E-state index in [1.54, 1.807) is 38.1 Å². The van der Waals surface area contributed by atoms with Gasteiger partial charge in [-0.15, -0.1) is 0 Å². The van der Waals surface area contributed by atoms with E-state index in [9.17, 15) is 33.6 Å². The SMILES string of the molecule is CC(C)[C@H](NC(=O)CCCCCN1C(=O)C=CC1=O)C(=O)N[C@@H](C)C(=O)Nc1ccc(CC(CNC(=O)O)NC(=O)O)cc1. The Kier molecular flexibility index (Phi) is 13.8. The second kappa shape index (κ2) is 17.2.